The third-order valence-electron chi connectivity index (χ3n) is 2.72. The summed E-state index contributed by atoms with van der Waals surface area (Å²) in [5.41, 5.74) is 0. The molecule has 0 unspecified atom stereocenters. The van der Waals surface area contributed by atoms with Crippen LogP contribution in [0.25, 0.3) is 0 Å². The van der Waals surface area contributed by atoms with Crippen molar-refractivity contribution in [1.29, 1.82) is 0 Å². The van der Waals surface area contributed by atoms with Crippen LogP contribution in [0, 0.1) is 0 Å². The molecule has 1 aromatic heterocycles. The van der Waals surface area contributed by atoms with Gasteiger partial charge in [-0.05, 0) is 23.3 Å². The van der Waals surface area contributed by atoms with Crippen molar-refractivity contribution >= 4 is 10.0 Å². The van der Waals surface area contributed by atoms with Crippen LogP contribution in [0.4, 0.5) is 0 Å². The summed E-state index contributed by atoms with van der Waals surface area (Å²) in [5.74, 6) is 0.581. The van der Waals surface area contributed by atoms with Gasteiger partial charge in [-0.2, -0.15) is 0 Å². The minimum Gasteiger partial charge on any atom is -0.225 e. The molecular formula is C8H15N5O2S. The van der Waals surface area contributed by atoms with Crippen LogP contribution in [0.1, 0.15) is 37.5 Å². The number of tetrazole rings is 1. The molecule has 2 rings (SSSR count). The van der Waals surface area contributed by atoms with E-state index in [0.717, 1.165) is 19.1 Å². The van der Waals surface area contributed by atoms with Gasteiger partial charge in [-0.1, -0.05) is 12.8 Å². The smallest absolute Gasteiger partial charge is 0.209 e. The van der Waals surface area contributed by atoms with E-state index in [9.17, 15) is 8.42 Å². The first kappa shape index (κ1) is 11.5. The molecule has 0 spiro atoms. The molecule has 1 heterocycles. The molecule has 0 bridgehead atoms. The zero-order valence-corrected chi connectivity index (χ0v) is 9.94. The fourth-order valence-corrected chi connectivity index (χ4v) is 2.35. The second-order valence-electron chi connectivity index (χ2n) is 4.07. The zero-order valence-electron chi connectivity index (χ0n) is 9.13. The lowest BCUT2D eigenvalue weighted by molar-refractivity contribution is 0.435. The van der Waals surface area contributed by atoms with Crippen LogP contribution in [-0.2, 0) is 16.6 Å². The van der Waals surface area contributed by atoms with Crippen LogP contribution in [-0.4, -0.2) is 34.9 Å². The molecular weight excluding hydrogens is 230 g/mol. The number of nitrogens with zero attached hydrogens (tertiary/aromatic N) is 4. The Morgan fingerprint density at radius 2 is 2.12 bits per heavy atom. The number of sulfonamides is 1. The monoisotopic (exact) mass is 245 g/mol. The highest BCUT2D eigenvalue weighted by Gasteiger charge is 2.21. The van der Waals surface area contributed by atoms with Crippen molar-refractivity contribution in [3.8, 4) is 0 Å². The van der Waals surface area contributed by atoms with Crippen LogP contribution >= 0.6 is 0 Å². The van der Waals surface area contributed by atoms with Gasteiger partial charge in [0.05, 0.1) is 18.8 Å². The Morgan fingerprint density at radius 1 is 1.44 bits per heavy atom. The molecule has 7 nitrogen and oxygen atoms in total. The van der Waals surface area contributed by atoms with Crippen LogP contribution in [0.3, 0.4) is 0 Å². The standard InChI is InChI=1S/C8H15N5O2S/c1-16(14,15)9-6-8-10-11-12-13(8)7-4-2-3-5-7/h7,9H,2-6H2,1H3. The maximum Gasteiger partial charge on any atom is 0.209 e. The van der Waals surface area contributed by atoms with Crippen molar-refractivity contribution in [2.75, 3.05) is 6.26 Å². The minimum atomic E-state index is -3.20. The molecule has 90 valence electrons. The van der Waals surface area contributed by atoms with E-state index >= 15 is 0 Å². The maximum atomic E-state index is 11.0. The lowest BCUT2D eigenvalue weighted by atomic mass is 10.2. The van der Waals surface area contributed by atoms with E-state index < -0.39 is 10.0 Å². The quantitative estimate of drug-likeness (QED) is 0.796. The van der Waals surface area contributed by atoms with Gasteiger partial charge in [0.1, 0.15) is 0 Å². The normalized spacial score (nSPS) is 18.1. The first-order valence-corrected chi connectivity index (χ1v) is 7.17. The number of hydrogen-bond acceptors (Lipinski definition) is 5. The summed E-state index contributed by atoms with van der Waals surface area (Å²) in [7, 11) is -3.20. The molecule has 0 aromatic carbocycles. The van der Waals surface area contributed by atoms with Crippen LogP contribution in [0.15, 0.2) is 0 Å². The Labute approximate surface area is 94.3 Å². The van der Waals surface area contributed by atoms with E-state index in [-0.39, 0.29) is 6.54 Å². The molecule has 0 saturated heterocycles. The van der Waals surface area contributed by atoms with Crippen LogP contribution in [0.5, 0.6) is 0 Å². The SMILES string of the molecule is CS(=O)(=O)NCc1nnnn1C1CCCC1. The van der Waals surface area contributed by atoms with Crippen molar-refractivity contribution in [3.63, 3.8) is 0 Å². The third-order valence-corrected chi connectivity index (χ3v) is 3.39. The summed E-state index contributed by atoms with van der Waals surface area (Å²) in [6, 6.07) is 0.325. The maximum absolute atomic E-state index is 11.0. The fraction of sp³-hybridized carbons (Fsp3) is 0.875. The second kappa shape index (κ2) is 4.46. The Balaban J connectivity index is 2.07. The summed E-state index contributed by atoms with van der Waals surface area (Å²) in [4.78, 5) is 0. The van der Waals surface area contributed by atoms with Crippen LogP contribution < -0.4 is 4.72 Å². The van der Waals surface area contributed by atoms with Gasteiger partial charge in [0, 0.05) is 0 Å². The topological polar surface area (TPSA) is 89.8 Å². The summed E-state index contributed by atoms with van der Waals surface area (Å²) < 4.78 is 26.1. The number of aromatic nitrogens is 4. The Hall–Kier alpha value is -1.02. The van der Waals surface area contributed by atoms with Gasteiger partial charge >= 0.3 is 0 Å². The highest BCUT2D eigenvalue weighted by Crippen LogP contribution is 2.28. The largest absolute Gasteiger partial charge is 0.225 e. The second-order valence-corrected chi connectivity index (χ2v) is 5.90. The van der Waals surface area contributed by atoms with E-state index in [1.807, 2.05) is 0 Å². The lowest BCUT2D eigenvalue weighted by Gasteiger charge is -2.11. The summed E-state index contributed by atoms with van der Waals surface area (Å²) in [6.07, 6.45) is 5.62. The molecule has 1 fully saturated rings. The summed E-state index contributed by atoms with van der Waals surface area (Å²) in [6.45, 7) is 0.155. The molecule has 1 aliphatic rings. The van der Waals surface area contributed by atoms with Gasteiger partial charge in [-0.25, -0.2) is 17.8 Å². The Morgan fingerprint density at radius 3 is 2.75 bits per heavy atom. The predicted molar refractivity (Wildman–Crippen MR) is 57.0 cm³/mol. The van der Waals surface area contributed by atoms with E-state index in [1.165, 1.54) is 12.8 Å². The van der Waals surface area contributed by atoms with E-state index in [0.29, 0.717) is 11.9 Å². The third kappa shape index (κ3) is 2.76. The molecule has 16 heavy (non-hydrogen) atoms. The highest BCUT2D eigenvalue weighted by atomic mass is 32.2. The molecule has 8 heteroatoms. The van der Waals surface area contributed by atoms with Gasteiger partial charge in [-0.3, -0.25) is 0 Å². The number of nitrogens with one attached hydrogen (secondary N) is 1. The van der Waals surface area contributed by atoms with E-state index in [4.69, 9.17) is 0 Å². The Kier molecular flexibility index (Phi) is 3.20. The number of hydrogen-bond donors (Lipinski definition) is 1. The van der Waals surface area contributed by atoms with Crippen molar-refractivity contribution in [2.45, 2.75) is 38.3 Å². The molecule has 1 aliphatic carbocycles. The Bertz CT molecular complexity index is 449. The van der Waals surface area contributed by atoms with Crippen molar-refractivity contribution in [3.05, 3.63) is 5.82 Å². The number of rotatable bonds is 4. The van der Waals surface area contributed by atoms with Gasteiger partial charge in [0.2, 0.25) is 10.0 Å². The van der Waals surface area contributed by atoms with Crippen molar-refractivity contribution in [1.82, 2.24) is 24.9 Å². The fourth-order valence-electron chi connectivity index (χ4n) is 1.96. The molecule has 0 radical (unpaired) electrons. The average molecular weight is 245 g/mol. The molecule has 1 N–H and O–H groups in total. The molecule has 0 amide bonds. The minimum absolute atomic E-state index is 0.155. The molecule has 1 aromatic rings. The molecule has 0 atom stereocenters. The average Bonchev–Trinajstić information content (AvgIpc) is 2.84. The molecule has 1 saturated carbocycles. The van der Waals surface area contributed by atoms with E-state index in [2.05, 4.69) is 20.2 Å². The van der Waals surface area contributed by atoms with Crippen LogP contribution in [0.2, 0.25) is 0 Å². The first-order chi connectivity index (χ1) is 7.56. The van der Waals surface area contributed by atoms with Gasteiger partial charge in [0.15, 0.2) is 5.82 Å². The van der Waals surface area contributed by atoms with Crippen molar-refractivity contribution in [2.24, 2.45) is 0 Å². The first-order valence-electron chi connectivity index (χ1n) is 5.27. The summed E-state index contributed by atoms with van der Waals surface area (Å²) >= 11 is 0. The van der Waals surface area contributed by atoms with Gasteiger partial charge < -0.3 is 0 Å². The van der Waals surface area contributed by atoms with Gasteiger partial charge in [0.25, 0.3) is 0 Å². The lowest BCUT2D eigenvalue weighted by Crippen LogP contribution is -2.24. The molecule has 0 aliphatic heterocycles. The van der Waals surface area contributed by atoms with Crippen molar-refractivity contribution < 1.29 is 8.42 Å². The van der Waals surface area contributed by atoms with E-state index in [1.54, 1.807) is 4.68 Å². The summed E-state index contributed by atoms with van der Waals surface area (Å²) in [5, 5.41) is 11.4. The zero-order chi connectivity index (χ0) is 11.6. The predicted octanol–water partition coefficient (Wildman–Crippen LogP) is -0.163. The highest BCUT2D eigenvalue weighted by molar-refractivity contribution is 7.88. The van der Waals surface area contributed by atoms with Gasteiger partial charge in [-0.15, -0.1) is 5.10 Å².